The van der Waals surface area contributed by atoms with Gasteiger partial charge in [-0.05, 0) is 35.4 Å². The van der Waals surface area contributed by atoms with E-state index in [4.69, 9.17) is 9.47 Å². The lowest BCUT2D eigenvalue weighted by Crippen LogP contribution is -2.36. The molecule has 0 aromatic heterocycles. The number of ether oxygens (including phenoxy) is 2. The van der Waals surface area contributed by atoms with Crippen molar-refractivity contribution in [1.29, 1.82) is 0 Å². The smallest absolute Gasteiger partial charge is 0.317 e. The highest BCUT2D eigenvalue weighted by Gasteiger charge is 2.10. The standard InChI is InChI=1S/C18H21FN2O3/c1-21(12-14-6-9-17(24-3)16(19)10-14)18(22)20-11-13-4-7-15(23-2)8-5-13/h4-10H,11-12H2,1-3H3,(H,20,22). The van der Waals surface area contributed by atoms with Gasteiger partial charge in [-0.2, -0.15) is 0 Å². The van der Waals surface area contributed by atoms with E-state index < -0.39 is 5.82 Å². The summed E-state index contributed by atoms with van der Waals surface area (Å²) in [5.41, 5.74) is 1.66. The van der Waals surface area contributed by atoms with Crippen LogP contribution in [0.25, 0.3) is 0 Å². The van der Waals surface area contributed by atoms with E-state index in [0.717, 1.165) is 11.3 Å². The van der Waals surface area contributed by atoms with E-state index in [9.17, 15) is 9.18 Å². The van der Waals surface area contributed by atoms with Crippen molar-refractivity contribution < 1.29 is 18.7 Å². The number of carbonyl (C=O) groups excluding carboxylic acids is 1. The van der Waals surface area contributed by atoms with Gasteiger partial charge < -0.3 is 19.7 Å². The summed E-state index contributed by atoms with van der Waals surface area (Å²) in [7, 11) is 4.68. The molecule has 1 N–H and O–H groups in total. The molecule has 5 nitrogen and oxygen atoms in total. The third-order valence-electron chi connectivity index (χ3n) is 3.59. The molecule has 0 fully saturated rings. The Kier molecular flexibility index (Phi) is 6.01. The van der Waals surface area contributed by atoms with Crippen LogP contribution in [-0.4, -0.2) is 32.2 Å². The second-order valence-corrected chi connectivity index (χ2v) is 5.33. The molecule has 0 saturated heterocycles. The molecule has 24 heavy (non-hydrogen) atoms. The minimum atomic E-state index is -0.443. The van der Waals surface area contributed by atoms with Gasteiger partial charge in [-0.15, -0.1) is 0 Å². The Hall–Kier alpha value is -2.76. The molecule has 0 aliphatic heterocycles. The first-order valence-electron chi connectivity index (χ1n) is 7.47. The fraction of sp³-hybridized carbons (Fsp3) is 0.278. The SMILES string of the molecule is COc1ccc(CNC(=O)N(C)Cc2ccc(OC)c(F)c2)cc1. The van der Waals surface area contributed by atoms with Gasteiger partial charge in [0.05, 0.1) is 14.2 Å². The maximum Gasteiger partial charge on any atom is 0.317 e. The van der Waals surface area contributed by atoms with Gasteiger partial charge >= 0.3 is 6.03 Å². The molecule has 0 bridgehead atoms. The van der Waals surface area contributed by atoms with E-state index in [1.807, 2.05) is 24.3 Å². The number of hydrogen-bond acceptors (Lipinski definition) is 3. The summed E-state index contributed by atoms with van der Waals surface area (Å²) >= 11 is 0. The average Bonchev–Trinajstić information content (AvgIpc) is 2.60. The van der Waals surface area contributed by atoms with Crippen LogP contribution >= 0.6 is 0 Å². The first-order chi connectivity index (χ1) is 11.5. The molecule has 0 atom stereocenters. The van der Waals surface area contributed by atoms with Crippen LogP contribution in [-0.2, 0) is 13.1 Å². The zero-order chi connectivity index (χ0) is 17.5. The number of halogens is 1. The molecule has 2 aromatic rings. The van der Waals surface area contributed by atoms with Crippen LogP contribution in [0.4, 0.5) is 9.18 Å². The third-order valence-corrected chi connectivity index (χ3v) is 3.59. The fourth-order valence-electron chi connectivity index (χ4n) is 2.21. The Morgan fingerprint density at radius 3 is 2.33 bits per heavy atom. The number of benzene rings is 2. The largest absolute Gasteiger partial charge is 0.497 e. The lowest BCUT2D eigenvalue weighted by atomic mass is 10.2. The van der Waals surface area contributed by atoms with E-state index >= 15 is 0 Å². The highest BCUT2D eigenvalue weighted by atomic mass is 19.1. The molecule has 0 radical (unpaired) electrons. The molecular weight excluding hydrogens is 311 g/mol. The Morgan fingerprint density at radius 1 is 1.08 bits per heavy atom. The Morgan fingerprint density at radius 2 is 1.75 bits per heavy atom. The predicted octanol–water partition coefficient (Wildman–Crippen LogP) is 3.18. The van der Waals surface area contributed by atoms with Crippen LogP contribution < -0.4 is 14.8 Å². The van der Waals surface area contributed by atoms with Crippen LogP contribution in [0.3, 0.4) is 0 Å². The lowest BCUT2D eigenvalue weighted by molar-refractivity contribution is 0.206. The second-order valence-electron chi connectivity index (χ2n) is 5.33. The molecule has 0 aliphatic carbocycles. The van der Waals surface area contributed by atoms with Crippen LogP contribution in [0.1, 0.15) is 11.1 Å². The molecule has 0 heterocycles. The van der Waals surface area contributed by atoms with Gasteiger partial charge in [-0.25, -0.2) is 9.18 Å². The van der Waals surface area contributed by atoms with Crippen LogP contribution in [0.2, 0.25) is 0 Å². The van der Waals surface area contributed by atoms with Gasteiger partial charge in [0.2, 0.25) is 0 Å². The maximum absolute atomic E-state index is 13.7. The zero-order valence-corrected chi connectivity index (χ0v) is 14.0. The number of amides is 2. The predicted molar refractivity (Wildman–Crippen MR) is 89.6 cm³/mol. The van der Waals surface area contributed by atoms with Gasteiger partial charge in [0.1, 0.15) is 5.75 Å². The topological polar surface area (TPSA) is 50.8 Å². The number of hydrogen-bond donors (Lipinski definition) is 1. The monoisotopic (exact) mass is 332 g/mol. The van der Waals surface area contributed by atoms with E-state index in [1.165, 1.54) is 18.1 Å². The molecule has 0 aliphatic rings. The summed E-state index contributed by atoms with van der Waals surface area (Å²) in [6.07, 6.45) is 0. The normalized spacial score (nSPS) is 10.2. The van der Waals surface area contributed by atoms with Crippen molar-refractivity contribution in [2.45, 2.75) is 13.1 Å². The quantitative estimate of drug-likeness (QED) is 0.884. The van der Waals surface area contributed by atoms with Gasteiger partial charge in [0.15, 0.2) is 11.6 Å². The van der Waals surface area contributed by atoms with E-state index in [2.05, 4.69) is 5.32 Å². The van der Waals surface area contributed by atoms with Crippen LogP contribution in [0, 0.1) is 5.82 Å². The van der Waals surface area contributed by atoms with Crippen molar-refractivity contribution in [3.63, 3.8) is 0 Å². The minimum Gasteiger partial charge on any atom is -0.497 e. The molecule has 2 amide bonds. The average molecular weight is 332 g/mol. The van der Waals surface area contributed by atoms with Crippen molar-refractivity contribution in [2.24, 2.45) is 0 Å². The molecule has 0 spiro atoms. The van der Waals surface area contributed by atoms with Crippen LogP contribution in [0.15, 0.2) is 42.5 Å². The minimum absolute atomic E-state index is 0.186. The van der Waals surface area contributed by atoms with Gasteiger partial charge in [0, 0.05) is 20.1 Å². The van der Waals surface area contributed by atoms with E-state index in [0.29, 0.717) is 18.7 Å². The molecule has 2 aromatic carbocycles. The second kappa shape index (κ2) is 8.19. The summed E-state index contributed by atoms with van der Waals surface area (Å²) in [6, 6.07) is 11.9. The number of nitrogens with one attached hydrogen (secondary N) is 1. The van der Waals surface area contributed by atoms with Crippen molar-refractivity contribution >= 4 is 6.03 Å². The Balaban J connectivity index is 1.88. The van der Waals surface area contributed by atoms with Gasteiger partial charge in [0.25, 0.3) is 0 Å². The highest BCUT2D eigenvalue weighted by Crippen LogP contribution is 2.18. The number of carbonyl (C=O) groups is 1. The first kappa shape index (κ1) is 17.6. The summed E-state index contributed by atoms with van der Waals surface area (Å²) in [5.74, 6) is 0.510. The maximum atomic E-state index is 13.7. The van der Waals surface area contributed by atoms with Crippen molar-refractivity contribution in [3.8, 4) is 11.5 Å². The summed E-state index contributed by atoms with van der Waals surface area (Å²) in [4.78, 5) is 13.6. The van der Waals surface area contributed by atoms with Crippen LogP contribution in [0.5, 0.6) is 11.5 Å². The first-order valence-corrected chi connectivity index (χ1v) is 7.47. The van der Waals surface area contributed by atoms with Crippen molar-refractivity contribution in [2.75, 3.05) is 21.3 Å². The summed E-state index contributed by atoms with van der Waals surface area (Å²) in [6.45, 7) is 0.708. The number of methoxy groups -OCH3 is 2. The summed E-state index contributed by atoms with van der Waals surface area (Å²) < 4.78 is 23.6. The number of nitrogens with zero attached hydrogens (tertiary/aromatic N) is 1. The molecule has 0 saturated carbocycles. The molecule has 0 unspecified atom stereocenters. The molecule has 128 valence electrons. The molecular formula is C18H21FN2O3. The number of urea groups is 1. The van der Waals surface area contributed by atoms with Crippen molar-refractivity contribution in [3.05, 3.63) is 59.4 Å². The Bertz CT molecular complexity index is 689. The fourth-order valence-corrected chi connectivity index (χ4v) is 2.21. The third kappa shape index (κ3) is 4.62. The van der Waals surface area contributed by atoms with Gasteiger partial charge in [-0.3, -0.25) is 0 Å². The highest BCUT2D eigenvalue weighted by molar-refractivity contribution is 5.73. The van der Waals surface area contributed by atoms with E-state index in [1.54, 1.807) is 26.3 Å². The Labute approximate surface area is 141 Å². The van der Waals surface area contributed by atoms with Crippen molar-refractivity contribution in [1.82, 2.24) is 10.2 Å². The lowest BCUT2D eigenvalue weighted by Gasteiger charge is -2.18. The summed E-state index contributed by atoms with van der Waals surface area (Å²) in [5, 5.41) is 2.82. The molecule has 6 heteroatoms. The molecule has 2 rings (SSSR count). The van der Waals surface area contributed by atoms with Gasteiger partial charge in [-0.1, -0.05) is 18.2 Å². The zero-order valence-electron chi connectivity index (χ0n) is 14.0. The van der Waals surface area contributed by atoms with E-state index in [-0.39, 0.29) is 11.8 Å². The number of rotatable bonds is 6.